The fraction of sp³-hybridized carbons (Fsp3) is 0.304. The Balaban J connectivity index is 1.98. The number of para-hydroxylation sites is 1. The maximum Gasteiger partial charge on any atom is 0.338 e. The molecule has 2 N–H and O–H groups in total. The van der Waals surface area contributed by atoms with E-state index in [-0.39, 0.29) is 17.9 Å². The highest BCUT2D eigenvalue weighted by atomic mass is 16.5. The van der Waals surface area contributed by atoms with Gasteiger partial charge in [0.05, 0.1) is 11.6 Å². The van der Waals surface area contributed by atoms with E-state index in [2.05, 4.69) is 24.5 Å². The van der Waals surface area contributed by atoms with Gasteiger partial charge in [-0.25, -0.2) is 4.79 Å². The molecule has 0 aromatic heterocycles. The highest BCUT2D eigenvalue weighted by molar-refractivity contribution is 5.98. The summed E-state index contributed by atoms with van der Waals surface area (Å²) in [6.45, 7) is 5.67. The summed E-state index contributed by atoms with van der Waals surface area (Å²) in [5.41, 5.74) is 2.44. The number of hydrogen-bond acceptors (Lipinski definition) is 5. The van der Waals surface area contributed by atoms with Gasteiger partial charge >= 0.3 is 5.97 Å². The molecule has 0 unspecified atom stereocenters. The van der Waals surface area contributed by atoms with Crippen LogP contribution in [0.5, 0.6) is 0 Å². The van der Waals surface area contributed by atoms with Crippen molar-refractivity contribution in [2.24, 2.45) is 0 Å². The van der Waals surface area contributed by atoms with Gasteiger partial charge in [0.15, 0.2) is 6.10 Å². The highest BCUT2D eigenvalue weighted by Gasteiger charge is 2.20. The summed E-state index contributed by atoms with van der Waals surface area (Å²) < 4.78 is 5.28. The third-order valence-corrected chi connectivity index (χ3v) is 4.66. The maximum atomic E-state index is 12.5. The van der Waals surface area contributed by atoms with Crippen LogP contribution in [0, 0.1) is 11.3 Å². The summed E-state index contributed by atoms with van der Waals surface area (Å²) >= 11 is 0. The van der Waals surface area contributed by atoms with Crippen LogP contribution in [0.3, 0.4) is 0 Å². The van der Waals surface area contributed by atoms with Crippen molar-refractivity contribution >= 4 is 29.2 Å². The minimum absolute atomic E-state index is 0.243. The predicted molar refractivity (Wildman–Crippen MR) is 114 cm³/mol. The van der Waals surface area contributed by atoms with Gasteiger partial charge in [0.1, 0.15) is 6.42 Å². The zero-order chi connectivity index (χ0) is 22.1. The molecule has 0 radical (unpaired) electrons. The minimum atomic E-state index is -0.988. The third kappa shape index (κ3) is 6.17. The molecular formula is C23H25N3O4. The molecule has 2 rings (SSSR count). The SMILES string of the molecule is CC[C@H](C)c1ccccc1NC(=O)[C@H](C)OC(=O)c1ccc(NC(=O)CC#N)cc1. The third-order valence-electron chi connectivity index (χ3n) is 4.66. The lowest BCUT2D eigenvalue weighted by Crippen LogP contribution is -2.30. The van der Waals surface area contributed by atoms with E-state index < -0.39 is 23.9 Å². The Kier molecular flexibility index (Phi) is 8.12. The van der Waals surface area contributed by atoms with Crippen molar-refractivity contribution < 1.29 is 19.1 Å². The van der Waals surface area contributed by atoms with Crippen LogP contribution in [0.15, 0.2) is 48.5 Å². The minimum Gasteiger partial charge on any atom is -0.449 e. The van der Waals surface area contributed by atoms with Gasteiger partial charge in [-0.15, -0.1) is 0 Å². The lowest BCUT2D eigenvalue weighted by Gasteiger charge is -2.18. The standard InChI is InChI=1S/C23H25N3O4/c1-4-15(2)19-7-5-6-8-20(19)26-22(28)16(3)30-23(29)17-9-11-18(12-10-17)25-21(27)13-14-24/h5-12,15-16H,4,13H2,1-3H3,(H,25,27)(H,26,28)/t15-,16-/m0/s1. The van der Waals surface area contributed by atoms with Crippen molar-refractivity contribution in [3.63, 3.8) is 0 Å². The average Bonchev–Trinajstić information content (AvgIpc) is 2.74. The molecule has 7 nitrogen and oxygen atoms in total. The first-order valence-electron chi connectivity index (χ1n) is 9.73. The van der Waals surface area contributed by atoms with Crippen LogP contribution in [0.1, 0.15) is 55.5 Å². The van der Waals surface area contributed by atoms with Crippen LogP contribution in [-0.4, -0.2) is 23.9 Å². The molecule has 2 aromatic rings. The van der Waals surface area contributed by atoms with Gasteiger partial charge in [-0.1, -0.05) is 32.0 Å². The molecule has 0 aliphatic carbocycles. The van der Waals surface area contributed by atoms with Crippen LogP contribution in [0.4, 0.5) is 11.4 Å². The number of rotatable bonds is 8. The molecule has 7 heteroatoms. The van der Waals surface area contributed by atoms with Crippen LogP contribution < -0.4 is 10.6 Å². The van der Waals surface area contributed by atoms with E-state index >= 15 is 0 Å². The van der Waals surface area contributed by atoms with Gasteiger partial charge in [-0.3, -0.25) is 9.59 Å². The number of carbonyl (C=O) groups is 3. The molecule has 0 saturated heterocycles. The van der Waals surface area contributed by atoms with E-state index in [1.807, 2.05) is 24.3 Å². The van der Waals surface area contributed by atoms with Gasteiger partial charge in [-0.05, 0) is 55.2 Å². The first-order valence-corrected chi connectivity index (χ1v) is 9.73. The number of nitrogens with zero attached hydrogens (tertiary/aromatic N) is 1. The van der Waals surface area contributed by atoms with E-state index in [0.29, 0.717) is 11.4 Å². The van der Waals surface area contributed by atoms with Crippen molar-refractivity contribution in [2.45, 2.75) is 45.6 Å². The smallest absolute Gasteiger partial charge is 0.338 e. The zero-order valence-electron chi connectivity index (χ0n) is 17.3. The number of ether oxygens (including phenoxy) is 1. The second kappa shape index (κ2) is 10.8. The number of carbonyl (C=O) groups excluding carboxylic acids is 3. The van der Waals surface area contributed by atoms with E-state index in [1.54, 1.807) is 6.07 Å². The van der Waals surface area contributed by atoms with Crippen molar-refractivity contribution in [1.82, 2.24) is 0 Å². The Morgan fingerprint density at radius 2 is 1.70 bits per heavy atom. The van der Waals surface area contributed by atoms with Crippen LogP contribution in [0.2, 0.25) is 0 Å². The summed E-state index contributed by atoms with van der Waals surface area (Å²) in [6, 6.07) is 15.3. The number of anilines is 2. The lowest BCUT2D eigenvalue weighted by atomic mass is 9.97. The second-order valence-electron chi connectivity index (χ2n) is 6.89. The predicted octanol–water partition coefficient (Wildman–Crippen LogP) is 4.24. The molecule has 0 aliphatic heterocycles. The molecule has 0 aliphatic rings. The highest BCUT2D eigenvalue weighted by Crippen LogP contribution is 2.26. The van der Waals surface area contributed by atoms with E-state index in [1.165, 1.54) is 31.2 Å². The topological polar surface area (TPSA) is 108 Å². The Morgan fingerprint density at radius 1 is 1.03 bits per heavy atom. The quantitative estimate of drug-likeness (QED) is 0.637. The van der Waals surface area contributed by atoms with Crippen molar-refractivity contribution in [3.8, 4) is 6.07 Å². The van der Waals surface area contributed by atoms with Gasteiger partial charge in [0.25, 0.3) is 5.91 Å². The van der Waals surface area contributed by atoms with Crippen molar-refractivity contribution in [3.05, 3.63) is 59.7 Å². The van der Waals surface area contributed by atoms with Gasteiger partial charge in [0, 0.05) is 11.4 Å². The van der Waals surface area contributed by atoms with Crippen LogP contribution in [-0.2, 0) is 14.3 Å². The number of hydrogen-bond donors (Lipinski definition) is 2. The molecule has 0 heterocycles. The Morgan fingerprint density at radius 3 is 2.33 bits per heavy atom. The number of esters is 1. The summed E-state index contributed by atoms with van der Waals surface area (Å²) in [7, 11) is 0. The molecule has 2 amide bonds. The number of benzene rings is 2. The molecule has 156 valence electrons. The summed E-state index contributed by atoms with van der Waals surface area (Å²) in [5, 5.41) is 13.9. The van der Waals surface area contributed by atoms with Gasteiger partial charge < -0.3 is 15.4 Å². The molecule has 2 atom stereocenters. The van der Waals surface area contributed by atoms with Crippen molar-refractivity contribution in [2.75, 3.05) is 10.6 Å². The zero-order valence-corrected chi connectivity index (χ0v) is 17.3. The summed E-state index contributed by atoms with van der Waals surface area (Å²) in [5.74, 6) is -1.22. The van der Waals surface area contributed by atoms with E-state index in [9.17, 15) is 14.4 Å². The molecule has 0 spiro atoms. The largest absolute Gasteiger partial charge is 0.449 e. The second-order valence-corrected chi connectivity index (χ2v) is 6.89. The number of amides is 2. The average molecular weight is 407 g/mol. The van der Waals surface area contributed by atoms with Crippen molar-refractivity contribution in [1.29, 1.82) is 5.26 Å². The Bertz CT molecular complexity index is 948. The summed E-state index contributed by atoms with van der Waals surface area (Å²) in [6.07, 6.45) is -0.307. The van der Waals surface area contributed by atoms with E-state index in [4.69, 9.17) is 10.00 Å². The maximum absolute atomic E-state index is 12.5. The molecule has 30 heavy (non-hydrogen) atoms. The fourth-order valence-corrected chi connectivity index (χ4v) is 2.74. The Labute approximate surface area is 176 Å². The molecular weight excluding hydrogens is 382 g/mol. The molecule has 0 bridgehead atoms. The van der Waals surface area contributed by atoms with Gasteiger partial charge in [-0.2, -0.15) is 5.26 Å². The van der Waals surface area contributed by atoms with E-state index in [0.717, 1.165) is 12.0 Å². The fourth-order valence-electron chi connectivity index (χ4n) is 2.74. The first-order chi connectivity index (χ1) is 14.3. The van der Waals surface area contributed by atoms with Crippen LogP contribution in [0.25, 0.3) is 0 Å². The molecule has 2 aromatic carbocycles. The first kappa shape index (κ1) is 22.6. The summed E-state index contributed by atoms with van der Waals surface area (Å²) in [4.78, 5) is 36.3. The monoisotopic (exact) mass is 407 g/mol. The normalized spacial score (nSPS) is 12.2. The number of nitriles is 1. The number of nitrogens with one attached hydrogen (secondary N) is 2. The Hall–Kier alpha value is -3.66. The van der Waals surface area contributed by atoms with Crippen LogP contribution >= 0.6 is 0 Å². The lowest BCUT2D eigenvalue weighted by molar-refractivity contribution is -0.123. The van der Waals surface area contributed by atoms with Gasteiger partial charge in [0.2, 0.25) is 5.91 Å². The molecule has 0 fully saturated rings. The molecule has 0 saturated carbocycles.